The van der Waals surface area contributed by atoms with E-state index in [1.807, 2.05) is 0 Å². The monoisotopic (exact) mass is 344 g/mol. The average molecular weight is 344 g/mol. The molecule has 1 aliphatic carbocycles. The zero-order valence-electron chi connectivity index (χ0n) is 13.9. The third kappa shape index (κ3) is 2.45. The van der Waals surface area contributed by atoms with Crippen LogP contribution in [0.15, 0.2) is 18.2 Å². The van der Waals surface area contributed by atoms with Crippen LogP contribution in [-0.2, 0) is 9.59 Å². The molecule has 7 nitrogen and oxygen atoms in total. The molecule has 132 valence electrons. The number of hydrogen-bond acceptors (Lipinski definition) is 4. The minimum Gasteiger partial charge on any atom is -0.480 e. The van der Waals surface area contributed by atoms with Crippen LogP contribution in [0.25, 0.3) is 0 Å². The Morgan fingerprint density at radius 3 is 2.88 bits per heavy atom. The van der Waals surface area contributed by atoms with Crippen molar-refractivity contribution in [3.63, 3.8) is 0 Å². The van der Waals surface area contributed by atoms with Gasteiger partial charge < -0.3 is 20.1 Å². The van der Waals surface area contributed by atoms with Crippen molar-refractivity contribution in [1.82, 2.24) is 4.90 Å². The number of nitrogens with zero attached hydrogens (tertiary/aromatic N) is 1. The molecule has 4 unspecified atom stereocenters. The molecule has 2 amide bonds. The number of nitrogens with one attached hydrogen (secondary N) is 1. The second kappa shape index (κ2) is 5.75. The molecule has 2 aliphatic heterocycles. The molecule has 1 aromatic rings. The number of carbonyl (C=O) groups is 3. The fourth-order valence-electron chi connectivity index (χ4n) is 4.38. The number of carboxylic acids is 1. The Balaban J connectivity index is 1.69. The van der Waals surface area contributed by atoms with Crippen LogP contribution in [0.4, 0.5) is 5.69 Å². The molecule has 2 N–H and O–H groups in total. The van der Waals surface area contributed by atoms with E-state index in [0.29, 0.717) is 23.5 Å². The van der Waals surface area contributed by atoms with Crippen LogP contribution in [0.3, 0.4) is 0 Å². The van der Waals surface area contributed by atoms with Gasteiger partial charge in [0, 0.05) is 6.54 Å². The number of rotatable bonds is 2. The van der Waals surface area contributed by atoms with Crippen molar-refractivity contribution < 1.29 is 24.2 Å². The van der Waals surface area contributed by atoms with Crippen molar-refractivity contribution in [2.24, 2.45) is 11.8 Å². The van der Waals surface area contributed by atoms with E-state index in [1.165, 1.54) is 4.90 Å². The zero-order valence-corrected chi connectivity index (χ0v) is 13.9. The Labute approximate surface area is 144 Å². The molecule has 25 heavy (non-hydrogen) atoms. The third-order valence-electron chi connectivity index (χ3n) is 5.57. The van der Waals surface area contributed by atoms with Gasteiger partial charge in [-0.3, -0.25) is 9.59 Å². The highest BCUT2D eigenvalue weighted by molar-refractivity contribution is 6.05. The molecular weight excluding hydrogens is 324 g/mol. The maximum absolute atomic E-state index is 13.1. The highest BCUT2D eigenvalue weighted by atomic mass is 16.5. The molecular formula is C18H20N2O5. The fourth-order valence-corrected chi connectivity index (χ4v) is 4.38. The summed E-state index contributed by atoms with van der Waals surface area (Å²) in [6.07, 6.45) is 2.14. The molecule has 1 saturated heterocycles. The van der Waals surface area contributed by atoms with E-state index < -0.39 is 18.1 Å². The van der Waals surface area contributed by atoms with Crippen LogP contribution in [0, 0.1) is 11.8 Å². The smallest absolute Gasteiger partial charge is 0.326 e. The number of benzene rings is 1. The Kier molecular flexibility index (Phi) is 3.67. The van der Waals surface area contributed by atoms with Gasteiger partial charge in [-0.25, -0.2) is 4.79 Å². The van der Waals surface area contributed by atoms with E-state index >= 15 is 0 Å². The number of ether oxygens (including phenoxy) is 1. The van der Waals surface area contributed by atoms with Crippen LogP contribution < -0.4 is 10.1 Å². The number of carboxylic acid groups (broad SMARTS) is 1. The third-order valence-corrected chi connectivity index (χ3v) is 5.57. The number of anilines is 1. The van der Waals surface area contributed by atoms with Crippen LogP contribution in [0.1, 0.15) is 36.5 Å². The Hall–Kier alpha value is -2.57. The molecule has 3 aliphatic rings. The summed E-state index contributed by atoms with van der Waals surface area (Å²) >= 11 is 0. The molecule has 4 rings (SSSR count). The average Bonchev–Trinajstić information content (AvgIpc) is 3.15. The number of carbonyl (C=O) groups excluding carboxylic acids is 2. The van der Waals surface area contributed by atoms with Gasteiger partial charge in [0.25, 0.3) is 11.8 Å². The summed E-state index contributed by atoms with van der Waals surface area (Å²) in [5.74, 6) is -0.959. The fraction of sp³-hybridized carbons (Fsp3) is 0.500. The maximum atomic E-state index is 13.1. The van der Waals surface area contributed by atoms with Gasteiger partial charge in [0.15, 0.2) is 11.9 Å². The first-order chi connectivity index (χ1) is 12.0. The van der Waals surface area contributed by atoms with E-state index in [4.69, 9.17) is 4.74 Å². The lowest BCUT2D eigenvalue weighted by Crippen LogP contribution is -2.44. The standard InChI is InChI=1S/C18H20N2O5/c1-9-16(21)19-13-7-3-6-12(15(13)25-9)17(22)20-8-10-4-2-5-11(10)14(20)18(23)24/h3,6-7,9-11,14H,2,4-5,8H2,1H3,(H,19,21)(H,23,24). The lowest BCUT2D eigenvalue weighted by atomic mass is 9.94. The van der Waals surface area contributed by atoms with E-state index in [1.54, 1.807) is 25.1 Å². The van der Waals surface area contributed by atoms with Crippen molar-refractivity contribution in [2.75, 3.05) is 11.9 Å². The number of likely N-dealkylation sites (tertiary alicyclic amines) is 1. The van der Waals surface area contributed by atoms with Gasteiger partial charge in [-0.1, -0.05) is 12.5 Å². The molecule has 0 spiro atoms. The van der Waals surface area contributed by atoms with Crippen molar-refractivity contribution in [2.45, 2.75) is 38.3 Å². The number of para-hydroxylation sites is 1. The highest BCUT2D eigenvalue weighted by Gasteiger charge is 2.50. The second-order valence-corrected chi connectivity index (χ2v) is 7.03. The van der Waals surface area contributed by atoms with Crippen molar-refractivity contribution in [3.8, 4) is 5.75 Å². The van der Waals surface area contributed by atoms with Crippen LogP contribution >= 0.6 is 0 Å². The predicted octanol–water partition coefficient (Wildman–Crippen LogP) is 1.73. The molecule has 0 radical (unpaired) electrons. The van der Waals surface area contributed by atoms with Gasteiger partial charge in [-0.15, -0.1) is 0 Å². The van der Waals surface area contributed by atoms with E-state index in [2.05, 4.69) is 5.32 Å². The van der Waals surface area contributed by atoms with Gasteiger partial charge in [-0.05, 0) is 43.7 Å². The van der Waals surface area contributed by atoms with Gasteiger partial charge in [0.1, 0.15) is 6.04 Å². The van der Waals surface area contributed by atoms with E-state index in [0.717, 1.165) is 19.3 Å². The van der Waals surface area contributed by atoms with Gasteiger partial charge in [-0.2, -0.15) is 0 Å². The summed E-state index contributed by atoms with van der Waals surface area (Å²) in [7, 11) is 0. The molecule has 0 aromatic heterocycles. The van der Waals surface area contributed by atoms with Gasteiger partial charge >= 0.3 is 5.97 Å². The predicted molar refractivity (Wildman–Crippen MR) is 88.5 cm³/mol. The molecule has 2 fully saturated rings. The van der Waals surface area contributed by atoms with Crippen molar-refractivity contribution in [3.05, 3.63) is 23.8 Å². The summed E-state index contributed by atoms with van der Waals surface area (Å²) in [6.45, 7) is 2.08. The Bertz CT molecular complexity index is 762. The molecule has 2 heterocycles. The van der Waals surface area contributed by atoms with E-state index in [9.17, 15) is 19.5 Å². The van der Waals surface area contributed by atoms with Gasteiger partial charge in [0.2, 0.25) is 0 Å². The zero-order chi connectivity index (χ0) is 17.7. The second-order valence-electron chi connectivity index (χ2n) is 7.03. The van der Waals surface area contributed by atoms with Crippen molar-refractivity contribution in [1.29, 1.82) is 0 Å². The first-order valence-electron chi connectivity index (χ1n) is 8.61. The minimum absolute atomic E-state index is 0.0283. The number of amides is 2. The lowest BCUT2D eigenvalue weighted by Gasteiger charge is -2.28. The van der Waals surface area contributed by atoms with Crippen LogP contribution in [0.2, 0.25) is 0 Å². The molecule has 0 bridgehead atoms. The number of hydrogen-bond donors (Lipinski definition) is 2. The minimum atomic E-state index is -0.949. The Morgan fingerprint density at radius 1 is 1.32 bits per heavy atom. The molecule has 4 atom stereocenters. The first kappa shape index (κ1) is 15.9. The van der Waals surface area contributed by atoms with Crippen LogP contribution in [0.5, 0.6) is 5.75 Å². The summed E-state index contributed by atoms with van der Waals surface area (Å²) in [5.41, 5.74) is 0.746. The lowest BCUT2D eigenvalue weighted by molar-refractivity contribution is -0.142. The molecule has 1 aromatic carbocycles. The van der Waals surface area contributed by atoms with Crippen LogP contribution in [-0.4, -0.2) is 46.5 Å². The quantitative estimate of drug-likeness (QED) is 0.852. The summed E-state index contributed by atoms with van der Waals surface area (Å²) < 4.78 is 5.64. The Morgan fingerprint density at radius 2 is 2.12 bits per heavy atom. The normalized spacial score (nSPS) is 30.3. The number of fused-ring (bicyclic) bond motifs is 2. The number of aliphatic carboxylic acids is 1. The molecule has 1 saturated carbocycles. The maximum Gasteiger partial charge on any atom is 0.326 e. The SMILES string of the molecule is CC1Oc2c(cccc2C(=O)N2CC3CCCC3C2C(=O)O)NC1=O. The van der Waals surface area contributed by atoms with Gasteiger partial charge in [0.05, 0.1) is 11.3 Å². The first-order valence-corrected chi connectivity index (χ1v) is 8.61. The largest absolute Gasteiger partial charge is 0.480 e. The van der Waals surface area contributed by atoms with Crippen molar-refractivity contribution >= 4 is 23.5 Å². The summed E-state index contributed by atoms with van der Waals surface area (Å²) in [5, 5.41) is 12.4. The van der Waals surface area contributed by atoms with E-state index in [-0.39, 0.29) is 23.7 Å². The highest BCUT2D eigenvalue weighted by Crippen LogP contribution is 2.44. The molecule has 7 heteroatoms. The summed E-state index contributed by atoms with van der Waals surface area (Å²) in [6, 6.07) is 4.17. The summed E-state index contributed by atoms with van der Waals surface area (Å²) in [4.78, 5) is 38.1. The topological polar surface area (TPSA) is 95.9 Å².